The largest absolute Gasteiger partial charge is 0.260 e. The second-order valence-electron chi connectivity index (χ2n) is 4.73. The molecule has 1 aromatic carbocycles. The van der Waals surface area contributed by atoms with Crippen molar-refractivity contribution < 1.29 is 4.39 Å². The van der Waals surface area contributed by atoms with Gasteiger partial charge in [0.1, 0.15) is 5.82 Å². The molecular formula is C14H18FNS. The molecule has 0 bridgehead atoms. The Bertz CT molecular complexity index is 444. The first kappa shape index (κ1) is 14.0. The molecule has 0 atom stereocenters. The predicted octanol–water partition coefficient (Wildman–Crippen LogP) is 5.08. The van der Waals surface area contributed by atoms with Crippen LogP contribution in [0.1, 0.15) is 33.3 Å². The van der Waals surface area contributed by atoms with E-state index in [1.54, 1.807) is 17.7 Å². The van der Waals surface area contributed by atoms with Gasteiger partial charge in [-0.2, -0.15) is 0 Å². The zero-order valence-corrected chi connectivity index (χ0v) is 11.6. The van der Waals surface area contributed by atoms with Crippen LogP contribution in [0.5, 0.6) is 0 Å². The van der Waals surface area contributed by atoms with Gasteiger partial charge >= 0.3 is 0 Å². The van der Waals surface area contributed by atoms with Gasteiger partial charge in [0.2, 0.25) is 0 Å². The Morgan fingerprint density at radius 2 is 2.00 bits per heavy atom. The van der Waals surface area contributed by atoms with Crippen molar-refractivity contribution in [1.29, 1.82) is 0 Å². The summed E-state index contributed by atoms with van der Waals surface area (Å²) in [6, 6.07) is 3.52. The van der Waals surface area contributed by atoms with E-state index in [9.17, 15) is 4.39 Å². The van der Waals surface area contributed by atoms with Gasteiger partial charge in [-0.25, -0.2) is 4.39 Å². The van der Waals surface area contributed by atoms with E-state index in [1.807, 2.05) is 13.0 Å². The zero-order valence-electron chi connectivity index (χ0n) is 10.7. The third-order valence-corrected chi connectivity index (χ3v) is 3.17. The van der Waals surface area contributed by atoms with Crippen molar-refractivity contribution >= 4 is 23.7 Å². The summed E-state index contributed by atoms with van der Waals surface area (Å²) in [6.45, 7) is 11.6. The maximum Gasteiger partial charge on any atom is 0.139 e. The summed E-state index contributed by atoms with van der Waals surface area (Å²) in [5.74, 6) is -0.233. The lowest BCUT2D eigenvalue weighted by atomic mass is 9.87. The Hall–Kier alpha value is -1.09. The molecule has 0 fully saturated rings. The highest BCUT2D eigenvalue weighted by molar-refractivity contribution is 8.02. The highest BCUT2D eigenvalue weighted by Gasteiger charge is 2.18. The van der Waals surface area contributed by atoms with Gasteiger partial charge in [0.15, 0.2) is 0 Å². The van der Waals surface area contributed by atoms with Crippen LogP contribution in [0.4, 0.5) is 10.1 Å². The van der Waals surface area contributed by atoms with E-state index in [0.717, 1.165) is 5.56 Å². The van der Waals surface area contributed by atoms with E-state index in [1.165, 1.54) is 11.8 Å². The molecule has 0 saturated carbocycles. The number of halogens is 1. The summed E-state index contributed by atoms with van der Waals surface area (Å²) in [7, 11) is 0. The third kappa shape index (κ3) is 3.43. The molecule has 0 spiro atoms. The Morgan fingerprint density at radius 3 is 2.47 bits per heavy atom. The monoisotopic (exact) mass is 251 g/mol. The van der Waals surface area contributed by atoms with Crippen molar-refractivity contribution in [3.63, 3.8) is 0 Å². The molecule has 1 rings (SSSR count). The lowest BCUT2D eigenvalue weighted by Gasteiger charge is -2.20. The first-order chi connectivity index (χ1) is 7.90. The van der Waals surface area contributed by atoms with Crippen LogP contribution < -0.4 is 0 Å². The Balaban J connectivity index is 3.40. The number of rotatable bonds is 3. The van der Waals surface area contributed by atoms with Crippen LogP contribution in [0.2, 0.25) is 0 Å². The maximum atomic E-state index is 14.0. The fourth-order valence-electron chi connectivity index (χ4n) is 1.45. The molecule has 1 aromatic rings. The van der Waals surface area contributed by atoms with Gasteiger partial charge in [-0.05, 0) is 35.4 Å². The van der Waals surface area contributed by atoms with Crippen molar-refractivity contribution in [1.82, 2.24) is 0 Å². The molecule has 0 aromatic heterocycles. The van der Waals surface area contributed by atoms with E-state index in [4.69, 9.17) is 0 Å². The van der Waals surface area contributed by atoms with Crippen LogP contribution in [0.3, 0.4) is 0 Å². The van der Waals surface area contributed by atoms with Crippen LogP contribution >= 0.6 is 11.8 Å². The van der Waals surface area contributed by atoms with Gasteiger partial charge in [0.25, 0.3) is 0 Å². The lowest BCUT2D eigenvalue weighted by molar-refractivity contribution is 0.562. The quantitative estimate of drug-likeness (QED) is 0.539. The van der Waals surface area contributed by atoms with Gasteiger partial charge in [-0.1, -0.05) is 39.1 Å². The molecule has 0 aliphatic heterocycles. The standard InChI is InChI=1S/C14H18FNS/c1-6-16-12-9-10(14(3,4)5)8-11(15)13(12)17-7-2/h6-9H,2H2,1,3-5H3/b16-6+. The van der Waals surface area contributed by atoms with E-state index in [-0.39, 0.29) is 11.2 Å². The summed E-state index contributed by atoms with van der Waals surface area (Å²) in [5, 5.41) is 1.61. The van der Waals surface area contributed by atoms with Gasteiger partial charge in [0, 0.05) is 6.21 Å². The molecule has 0 radical (unpaired) electrons. The van der Waals surface area contributed by atoms with Gasteiger partial charge < -0.3 is 0 Å². The number of benzene rings is 1. The van der Waals surface area contributed by atoms with Gasteiger partial charge in [-0.3, -0.25) is 4.99 Å². The van der Waals surface area contributed by atoms with E-state index in [0.29, 0.717) is 10.6 Å². The highest BCUT2D eigenvalue weighted by Crippen LogP contribution is 2.36. The number of hydrogen-bond acceptors (Lipinski definition) is 2. The number of nitrogens with zero attached hydrogens (tertiary/aromatic N) is 1. The lowest BCUT2D eigenvalue weighted by Crippen LogP contribution is -2.11. The minimum atomic E-state index is -0.233. The molecule has 0 N–H and O–H groups in total. The van der Waals surface area contributed by atoms with Crippen molar-refractivity contribution in [3.8, 4) is 0 Å². The third-order valence-electron chi connectivity index (χ3n) is 2.36. The van der Waals surface area contributed by atoms with Crippen LogP contribution in [0.15, 0.2) is 34.0 Å². The molecular weight excluding hydrogens is 233 g/mol. The smallest absolute Gasteiger partial charge is 0.139 e. The molecule has 0 aliphatic carbocycles. The van der Waals surface area contributed by atoms with Crippen LogP contribution in [0.25, 0.3) is 0 Å². The summed E-state index contributed by atoms with van der Waals surface area (Å²) >= 11 is 1.26. The predicted molar refractivity (Wildman–Crippen MR) is 75.0 cm³/mol. The minimum absolute atomic E-state index is 0.0871. The number of hydrogen-bond donors (Lipinski definition) is 0. The summed E-state index contributed by atoms with van der Waals surface area (Å²) in [6.07, 6.45) is 1.67. The number of thioether (sulfide) groups is 1. The van der Waals surface area contributed by atoms with Crippen LogP contribution in [0, 0.1) is 5.82 Å². The van der Waals surface area contributed by atoms with Crippen molar-refractivity contribution in [2.45, 2.75) is 38.0 Å². The minimum Gasteiger partial charge on any atom is -0.260 e. The van der Waals surface area contributed by atoms with Crippen molar-refractivity contribution in [3.05, 3.63) is 35.5 Å². The molecule has 17 heavy (non-hydrogen) atoms. The zero-order chi connectivity index (χ0) is 13.1. The SMILES string of the molecule is C=CSc1c(F)cc(C(C)(C)C)cc1/N=C/C. The second-order valence-corrected chi connectivity index (χ2v) is 5.71. The molecule has 1 nitrogen and oxygen atoms in total. The molecule has 0 amide bonds. The Labute approximate surface area is 107 Å². The molecule has 0 unspecified atom stereocenters. The topological polar surface area (TPSA) is 12.4 Å². The van der Waals surface area contributed by atoms with E-state index >= 15 is 0 Å². The van der Waals surface area contributed by atoms with Crippen LogP contribution in [-0.2, 0) is 5.41 Å². The summed E-state index contributed by atoms with van der Waals surface area (Å²) in [4.78, 5) is 4.76. The fraction of sp³-hybridized carbons (Fsp3) is 0.357. The molecule has 3 heteroatoms. The van der Waals surface area contributed by atoms with E-state index in [2.05, 4.69) is 32.3 Å². The van der Waals surface area contributed by atoms with E-state index < -0.39 is 0 Å². The Kier molecular flexibility index (Phi) is 4.52. The summed E-state index contributed by atoms with van der Waals surface area (Å²) in [5.41, 5.74) is 1.53. The number of aliphatic imine (C=N–C) groups is 1. The van der Waals surface area contributed by atoms with Crippen molar-refractivity contribution in [2.24, 2.45) is 4.99 Å². The molecule has 0 saturated heterocycles. The molecule has 92 valence electrons. The second kappa shape index (κ2) is 5.50. The molecule has 0 aliphatic rings. The first-order valence-electron chi connectivity index (χ1n) is 5.50. The van der Waals surface area contributed by atoms with Gasteiger partial charge in [0.05, 0.1) is 10.6 Å². The van der Waals surface area contributed by atoms with Crippen LogP contribution in [-0.4, -0.2) is 6.21 Å². The summed E-state index contributed by atoms with van der Waals surface area (Å²) < 4.78 is 14.0. The normalized spacial score (nSPS) is 12.1. The Morgan fingerprint density at radius 1 is 1.35 bits per heavy atom. The average molecular weight is 251 g/mol. The molecule has 0 heterocycles. The van der Waals surface area contributed by atoms with Crippen molar-refractivity contribution in [2.75, 3.05) is 0 Å². The first-order valence-corrected chi connectivity index (χ1v) is 6.38. The van der Waals surface area contributed by atoms with Gasteiger partial charge in [-0.15, -0.1) is 0 Å². The fourth-order valence-corrected chi connectivity index (χ4v) is 2.02. The maximum absolute atomic E-state index is 14.0. The highest BCUT2D eigenvalue weighted by atomic mass is 32.2. The average Bonchev–Trinajstić information content (AvgIpc) is 2.21.